The molecule has 154 valence electrons. The molecular formula is C22H30O5S. The average molecular weight is 407 g/mol. The molecule has 0 radical (unpaired) electrons. The fraction of sp³-hybridized carbons (Fsp3) is 0.500. The van der Waals surface area contributed by atoms with Gasteiger partial charge in [0, 0.05) is 21.4 Å². The van der Waals surface area contributed by atoms with Gasteiger partial charge in [0.15, 0.2) is 0 Å². The first-order chi connectivity index (χ1) is 13.4. The van der Waals surface area contributed by atoms with Gasteiger partial charge in [-0.1, -0.05) is 56.5 Å². The number of carboxylic acids is 1. The number of benzene rings is 1. The first-order valence-electron chi connectivity index (χ1n) is 9.89. The van der Waals surface area contributed by atoms with Gasteiger partial charge in [0.25, 0.3) is 0 Å². The molecule has 5 nitrogen and oxygen atoms in total. The summed E-state index contributed by atoms with van der Waals surface area (Å²) in [4.78, 5) is 11.4. The molecule has 3 atom stereocenters. The first-order valence-corrected chi connectivity index (χ1v) is 10.7. The SMILES string of the molecule is CCCCC[C@@H](O)c1sc2ccccc2c1/C=C/[C@@H](O)[C@@H](O)CCCC(=O)O. The van der Waals surface area contributed by atoms with Gasteiger partial charge < -0.3 is 20.4 Å². The van der Waals surface area contributed by atoms with Crippen molar-refractivity contribution in [2.45, 2.75) is 70.2 Å². The van der Waals surface area contributed by atoms with Gasteiger partial charge in [0.05, 0.1) is 18.3 Å². The molecule has 0 saturated carbocycles. The van der Waals surface area contributed by atoms with Crippen LogP contribution in [0.25, 0.3) is 16.2 Å². The number of unbranched alkanes of at least 4 members (excludes halogenated alkanes) is 2. The number of aliphatic hydroxyl groups is 3. The summed E-state index contributed by atoms with van der Waals surface area (Å²) in [7, 11) is 0. The Balaban J connectivity index is 2.16. The molecule has 0 aliphatic carbocycles. The Kier molecular flexibility index (Phi) is 9.12. The first kappa shape index (κ1) is 22.6. The zero-order valence-corrected chi connectivity index (χ0v) is 17.1. The second-order valence-corrected chi connectivity index (χ2v) is 8.17. The van der Waals surface area contributed by atoms with Crippen molar-refractivity contribution in [1.29, 1.82) is 0 Å². The molecule has 0 aliphatic heterocycles. The van der Waals surface area contributed by atoms with Crippen molar-refractivity contribution in [2.75, 3.05) is 0 Å². The lowest BCUT2D eigenvalue weighted by molar-refractivity contribution is -0.137. The van der Waals surface area contributed by atoms with Crippen LogP contribution < -0.4 is 0 Å². The van der Waals surface area contributed by atoms with E-state index in [1.165, 1.54) is 6.08 Å². The van der Waals surface area contributed by atoms with Crippen molar-refractivity contribution in [2.24, 2.45) is 0 Å². The summed E-state index contributed by atoms with van der Waals surface area (Å²) in [5, 5.41) is 40.6. The molecule has 0 unspecified atom stereocenters. The maximum atomic E-state index is 10.7. The predicted octanol–water partition coefficient (Wildman–Crippen LogP) is 4.50. The maximum Gasteiger partial charge on any atom is 0.303 e. The number of hydrogen-bond acceptors (Lipinski definition) is 5. The van der Waals surface area contributed by atoms with Crippen LogP contribution in [0.2, 0.25) is 0 Å². The van der Waals surface area contributed by atoms with Crippen molar-refractivity contribution >= 4 is 33.5 Å². The second-order valence-electron chi connectivity index (χ2n) is 7.09. The number of carbonyl (C=O) groups is 1. The monoisotopic (exact) mass is 406 g/mol. The van der Waals surface area contributed by atoms with E-state index in [2.05, 4.69) is 6.92 Å². The zero-order valence-electron chi connectivity index (χ0n) is 16.3. The summed E-state index contributed by atoms with van der Waals surface area (Å²) in [5.41, 5.74) is 0.876. The van der Waals surface area contributed by atoms with Crippen LogP contribution in [0.3, 0.4) is 0 Å². The van der Waals surface area contributed by atoms with Crippen molar-refractivity contribution in [3.05, 3.63) is 40.8 Å². The fourth-order valence-corrected chi connectivity index (χ4v) is 4.39. The number of hydrogen-bond donors (Lipinski definition) is 4. The third-order valence-corrected chi connectivity index (χ3v) is 6.08. The lowest BCUT2D eigenvalue weighted by atomic mass is 10.0. The Labute approximate surface area is 170 Å². The second kappa shape index (κ2) is 11.3. The van der Waals surface area contributed by atoms with Crippen molar-refractivity contribution < 1.29 is 25.2 Å². The minimum Gasteiger partial charge on any atom is -0.481 e. The zero-order chi connectivity index (χ0) is 20.5. The van der Waals surface area contributed by atoms with Crippen molar-refractivity contribution in [3.8, 4) is 0 Å². The lowest BCUT2D eigenvalue weighted by Crippen LogP contribution is -2.23. The number of thiophene rings is 1. The maximum absolute atomic E-state index is 10.7. The van der Waals surface area contributed by atoms with E-state index in [0.29, 0.717) is 12.8 Å². The van der Waals surface area contributed by atoms with E-state index in [1.807, 2.05) is 24.3 Å². The standard InChI is InChI=1S/C22H30O5S/c1-2-3-4-9-19(25)22-16(15-8-5-6-11-20(15)28-22)13-14-18(24)17(23)10-7-12-21(26)27/h5-6,8,11,13-14,17-19,23-25H,2-4,7,9-10,12H2,1H3,(H,26,27)/b14-13+/t17-,18+,19+/m0/s1. The van der Waals surface area contributed by atoms with Gasteiger partial charge in [0.2, 0.25) is 0 Å². The number of fused-ring (bicyclic) bond motifs is 1. The molecule has 0 spiro atoms. The van der Waals surface area contributed by atoms with Crippen LogP contribution in [-0.2, 0) is 4.79 Å². The Bertz CT molecular complexity index is 782. The third kappa shape index (κ3) is 6.41. The van der Waals surface area contributed by atoms with E-state index in [-0.39, 0.29) is 12.8 Å². The van der Waals surface area contributed by atoms with Crippen LogP contribution in [0.1, 0.15) is 68.4 Å². The van der Waals surface area contributed by atoms with E-state index >= 15 is 0 Å². The minimum absolute atomic E-state index is 0.0310. The highest BCUT2D eigenvalue weighted by Gasteiger charge is 2.18. The van der Waals surface area contributed by atoms with Crippen LogP contribution in [0.5, 0.6) is 0 Å². The number of rotatable bonds is 12. The fourth-order valence-electron chi connectivity index (χ4n) is 3.18. The number of carboxylic acid groups (broad SMARTS) is 1. The highest BCUT2D eigenvalue weighted by atomic mass is 32.1. The minimum atomic E-state index is -1.09. The van der Waals surface area contributed by atoms with Gasteiger partial charge in [-0.2, -0.15) is 0 Å². The molecule has 0 saturated heterocycles. The molecule has 1 heterocycles. The van der Waals surface area contributed by atoms with Gasteiger partial charge in [-0.3, -0.25) is 4.79 Å². The Hall–Kier alpha value is -1.73. The van der Waals surface area contributed by atoms with Gasteiger partial charge in [-0.05, 0) is 30.9 Å². The molecule has 2 rings (SSSR count). The van der Waals surface area contributed by atoms with E-state index in [0.717, 1.165) is 39.8 Å². The molecule has 1 aromatic carbocycles. The van der Waals surface area contributed by atoms with Crippen LogP contribution in [0.4, 0.5) is 0 Å². The smallest absolute Gasteiger partial charge is 0.303 e. The summed E-state index contributed by atoms with van der Waals surface area (Å²) >= 11 is 1.56. The molecule has 0 aliphatic rings. The molecule has 4 N–H and O–H groups in total. The Morgan fingerprint density at radius 2 is 1.86 bits per heavy atom. The average Bonchev–Trinajstić information content (AvgIpc) is 3.04. The van der Waals surface area contributed by atoms with E-state index < -0.39 is 24.3 Å². The van der Waals surface area contributed by atoms with Crippen LogP contribution >= 0.6 is 11.3 Å². The van der Waals surface area contributed by atoms with E-state index in [4.69, 9.17) is 5.11 Å². The summed E-state index contributed by atoms with van der Waals surface area (Å²) in [6.45, 7) is 2.13. The normalized spacial score (nSPS) is 15.1. The molecule has 28 heavy (non-hydrogen) atoms. The quantitative estimate of drug-likeness (QED) is 0.389. The van der Waals surface area contributed by atoms with Gasteiger partial charge in [-0.15, -0.1) is 11.3 Å². The molecule has 0 amide bonds. The Morgan fingerprint density at radius 1 is 1.11 bits per heavy atom. The molecule has 0 bridgehead atoms. The van der Waals surface area contributed by atoms with Crippen molar-refractivity contribution in [3.63, 3.8) is 0 Å². The molecular weight excluding hydrogens is 376 g/mol. The van der Waals surface area contributed by atoms with E-state index in [1.54, 1.807) is 17.4 Å². The summed E-state index contributed by atoms with van der Waals surface area (Å²) in [6, 6.07) is 7.90. The van der Waals surface area contributed by atoms with Crippen LogP contribution in [-0.4, -0.2) is 38.6 Å². The van der Waals surface area contributed by atoms with Gasteiger partial charge in [-0.25, -0.2) is 0 Å². The van der Waals surface area contributed by atoms with E-state index in [9.17, 15) is 20.1 Å². The number of aliphatic carboxylic acids is 1. The molecule has 1 aromatic heterocycles. The summed E-state index contributed by atoms with van der Waals surface area (Å²) in [5.74, 6) is -0.913. The van der Waals surface area contributed by atoms with Crippen LogP contribution in [0.15, 0.2) is 30.3 Å². The molecule has 0 fully saturated rings. The van der Waals surface area contributed by atoms with Gasteiger partial charge in [0.1, 0.15) is 0 Å². The van der Waals surface area contributed by atoms with Crippen LogP contribution in [0, 0.1) is 0 Å². The third-order valence-electron chi connectivity index (χ3n) is 4.79. The molecule has 6 heteroatoms. The highest BCUT2D eigenvalue weighted by molar-refractivity contribution is 7.19. The topological polar surface area (TPSA) is 98.0 Å². The van der Waals surface area contributed by atoms with Crippen molar-refractivity contribution in [1.82, 2.24) is 0 Å². The lowest BCUT2D eigenvalue weighted by Gasteiger charge is -2.14. The summed E-state index contributed by atoms with van der Waals surface area (Å²) in [6.07, 6.45) is 4.96. The Morgan fingerprint density at radius 3 is 2.57 bits per heavy atom. The van der Waals surface area contributed by atoms with Gasteiger partial charge >= 0.3 is 5.97 Å². The number of aliphatic hydroxyl groups excluding tert-OH is 3. The highest BCUT2D eigenvalue weighted by Crippen LogP contribution is 2.38. The largest absolute Gasteiger partial charge is 0.481 e. The molecule has 2 aromatic rings. The predicted molar refractivity (Wildman–Crippen MR) is 113 cm³/mol. The summed E-state index contributed by atoms with van der Waals surface area (Å²) < 4.78 is 1.07.